The summed E-state index contributed by atoms with van der Waals surface area (Å²) in [7, 11) is 3.14. The molecule has 0 spiro atoms. The van der Waals surface area contributed by atoms with Crippen LogP contribution in [0.4, 0.5) is 0 Å². The summed E-state index contributed by atoms with van der Waals surface area (Å²) in [5.74, 6) is 1.22. The predicted octanol–water partition coefficient (Wildman–Crippen LogP) is 9.71. The maximum Gasteiger partial charge on any atom is 0.342 e. The van der Waals surface area contributed by atoms with Gasteiger partial charge in [-0.2, -0.15) is 0 Å². The Labute approximate surface area is 319 Å². The molecule has 292 valence electrons. The zero-order valence-electron chi connectivity index (χ0n) is 34.5. The topological polar surface area (TPSA) is 102 Å². The van der Waals surface area contributed by atoms with Crippen molar-refractivity contribution in [1.29, 1.82) is 0 Å². The van der Waals surface area contributed by atoms with Gasteiger partial charge in [0.2, 0.25) is 14.2 Å². The molecule has 53 heavy (non-hydrogen) atoms. The molecule has 12 heteroatoms. The number of rotatable bonds is 16. The van der Waals surface area contributed by atoms with Crippen molar-refractivity contribution in [3.63, 3.8) is 0 Å². The van der Waals surface area contributed by atoms with Gasteiger partial charge in [0, 0.05) is 19.5 Å². The standard InChI is InChI=1S/C41H61NO9Si2/c1-40(2,3)52(12,13)50-32-22-18-29(19-23-32)35(51-53(14,15)41(4,5)6)25-30-24-33(46-9)26-36(47-10)38(30)39(44)49-34(27-37(43)42(7)48-11)28-16-20-31(45-8)21-17-28/h16-24,26,34-35H,25,27H2,1-15H3. The lowest BCUT2D eigenvalue weighted by atomic mass is 9.96. The SMILES string of the molecule is COc1ccc(C(CC(=O)N(C)OC)OC(=O)c2c(CC(O[Si](C)(C)C(C)(C)C)c3ccc(O[Si](C)(C)C(C)(C)C)cc3)cc(OC)cc2OC)cc1. The molecule has 3 aromatic rings. The smallest absolute Gasteiger partial charge is 0.342 e. The Hall–Kier alpha value is -3.85. The average molecular weight is 768 g/mol. The van der Waals surface area contributed by atoms with E-state index in [1.807, 2.05) is 30.3 Å². The zero-order chi connectivity index (χ0) is 39.9. The van der Waals surface area contributed by atoms with Crippen molar-refractivity contribution in [1.82, 2.24) is 5.06 Å². The van der Waals surface area contributed by atoms with Crippen LogP contribution in [0.25, 0.3) is 0 Å². The molecule has 0 bridgehead atoms. The Kier molecular flexibility index (Phi) is 14.4. The van der Waals surface area contributed by atoms with Crippen LogP contribution in [0.2, 0.25) is 36.3 Å². The minimum atomic E-state index is -2.35. The second-order valence-corrected chi connectivity index (χ2v) is 25.8. The molecule has 2 atom stereocenters. The summed E-state index contributed by atoms with van der Waals surface area (Å²) in [6.45, 7) is 22.1. The third kappa shape index (κ3) is 11.1. The van der Waals surface area contributed by atoms with E-state index in [2.05, 4.69) is 67.7 Å². The maximum atomic E-state index is 14.4. The molecule has 0 aliphatic carbocycles. The number of amides is 1. The molecule has 3 rings (SSSR count). The van der Waals surface area contributed by atoms with Crippen molar-refractivity contribution in [3.05, 3.63) is 82.9 Å². The first-order chi connectivity index (χ1) is 24.6. The quantitative estimate of drug-likeness (QED) is 0.0801. The second kappa shape index (κ2) is 17.5. The lowest BCUT2D eigenvalue weighted by Crippen LogP contribution is -2.43. The normalized spacial score (nSPS) is 13.5. The Morgan fingerprint density at radius 1 is 0.679 bits per heavy atom. The first kappa shape index (κ1) is 43.6. The molecule has 0 saturated heterocycles. The van der Waals surface area contributed by atoms with Crippen LogP contribution in [0.1, 0.15) is 87.2 Å². The van der Waals surface area contributed by atoms with E-state index in [9.17, 15) is 9.59 Å². The molecular formula is C41H61NO9Si2. The van der Waals surface area contributed by atoms with Crippen LogP contribution in [0, 0.1) is 0 Å². The van der Waals surface area contributed by atoms with Crippen molar-refractivity contribution >= 4 is 28.5 Å². The van der Waals surface area contributed by atoms with Crippen LogP contribution in [0.3, 0.4) is 0 Å². The van der Waals surface area contributed by atoms with E-state index < -0.39 is 34.8 Å². The third-order valence-corrected chi connectivity index (χ3v) is 19.5. The van der Waals surface area contributed by atoms with E-state index in [-0.39, 0.29) is 33.7 Å². The summed E-state index contributed by atoms with van der Waals surface area (Å²) in [6, 6.07) is 18.6. The molecule has 0 fully saturated rings. The lowest BCUT2D eigenvalue weighted by molar-refractivity contribution is -0.170. The van der Waals surface area contributed by atoms with Gasteiger partial charge in [-0.15, -0.1) is 0 Å². The van der Waals surface area contributed by atoms with Gasteiger partial charge in [-0.25, -0.2) is 9.86 Å². The average Bonchev–Trinajstić information content (AvgIpc) is 3.09. The lowest BCUT2D eigenvalue weighted by Gasteiger charge is -2.40. The van der Waals surface area contributed by atoms with Crippen LogP contribution >= 0.6 is 0 Å². The fourth-order valence-electron chi connectivity index (χ4n) is 5.10. The van der Waals surface area contributed by atoms with Crippen molar-refractivity contribution in [2.45, 2.75) is 103 Å². The second-order valence-electron chi connectivity index (χ2n) is 16.3. The highest BCUT2D eigenvalue weighted by atomic mass is 28.4. The molecule has 0 aliphatic rings. The van der Waals surface area contributed by atoms with Gasteiger partial charge in [0.05, 0.1) is 41.0 Å². The van der Waals surface area contributed by atoms with Crippen molar-refractivity contribution in [2.75, 3.05) is 35.5 Å². The number of hydrogen-bond donors (Lipinski definition) is 0. The first-order valence-corrected chi connectivity index (χ1v) is 23.8. The summed E-state index contributed by atoms with van der Waals surface area (Å²) >= 11 is 0. The van der Waals surface area contributed by atoms with Gasteiger partial charge in [-0.3, -0.25) is 9.63 Å². The van der Waals surface area contributed by atoms with Gasteiger partial charge in [-0.1, -0.05) is 65.8 Å². The molecule has 0 aliphatic heterocycles. The van der Waals surface area contributed by atoms with Gasteiger partial charge in [0.25, 0.3) is 0 Å². The predicted molar refractivity (Wildman–Crippen MR) is 214 cm³/mol. The molecule has 0 heterocycles. The molecule has 0 radical (unpaired) electrons. The Morgan fingerprint density at radius 3 is 1.66 bits per heavy atom. The Bertz CT molecular complexity index is 1680. The Morgan fingerprint density at radius 2 is 1.19 bits per heavy atom. The fourth-order valence-corrected chi connectivity index (χ4v) is 7.41. The highest BCUT2D eigenvalue weighted by Crippen LogP contribution is 2.43. The number of hydroxylamine groups is 2. The van der Waals surface area contributed by atoms with Gasteiger partial charge in [-0.05, 0) is 83.3 Å². The van der Waals surface area contributed by atoms with Gasteiger partial charge in [0.1, 0.15) is 34.7 Å². The number of carbonyl (C=O) groups excluding carboxylic acids is 2. The third-order valence-electron chi connectivity index (χ3n) is 10.6. The minimum absolute atomic E-state index is 0.0510. The summed E-state index contributed by atoms with van der Waals surface area (Å²) in [6.07, 6.45) is -1.22. The highest BCUT2D eigenvalue weighted by Gasteiger charge is 2.41. The summed E-state index contributed by atoms with van der Waals surface area (Å²) in [5, 5.41) is 1.07. The van der Waals surface area contributed by atoms with Crippen LogP contribution in [-0.4, -0.2) is 69.1 Å². The molecular weight excluding hydrogens is 707 g/mol. The number of hydrogen-bond acceptors (Lipinski definition) is 9. The van der Waals surface area contributed by atoms with Crippen LogP contribution in [0.15, 0.2) is 60.7 Å². The van der Waals surface area contributed by atoms with Crippen molar-refractivity contribution in [3.8, 4) is 23.0 Å². The molecule has 0 saturated carbocycles. The van der Waals surface area contributed by atoms with Crippen molar-refractivity contribution < 1.29 is 42.2 Å². The highest BCUT2D eigenvalue weighted by molar-refractivity contribution is 6.75. The summed E-state index contributed by atoms with van der Waals surface area (Å²) in [4.78, 5) is 32.6. The number of methoxy groups -OCH3 is 3. The molecule has 0 aromatic heterocycles. The summed E-state index contributed by atoms with van der Waals surface area (Å²) < 4.78 is 36.7. The largest absolute Gasteiger partial charge is 0.544 e. The van der Waals surface area contributed by atoms with Gasteiger partial charge >= 0.3 is 5.97 Å². The molecule has 3 aromatic carbocycles. The van der Waals surface area contributed by atoms with Crippen LogP contribution in [-0.2, 0) is 25.2 Å². The van der Waals surface area contributed by atoms with E-state index in [0.717, 1.165) is 16.4 Å². The number of nitrogens with zero attached hydrogens (tertiary/aromatic N) is 1. The van der Waals surface area contributed by atoms with Crippen LogP contribution < -0.4 is 18.6 Å². The minimum Gasteiger partial charge on any atom is -0.544 e. The van der Waals surface area contributed by atoms with E-state index in [0.29, 0.717) is 29.0 Å². The monoisotopic (exact) mass is 767 g/mol. The van der Waals surface area contributed by atoms with Gasteiger partial charge in [0.15, 0.2) is 8.32 Å². The first-order valence-electron chi connectivity index (χ1n) is 17.9. The number of ether oxygens (including phenoxy) is 4. The molecule has 2 unspecified atom stereocenters. The van der Waals surface area contributed by atoms with E-state index >= 15 is 0 Å². The zero-order valence-corrected chi connectivity index (χ0v) is 36.5. The van der Waals surface area contributed by atoms with E-state index in [4.69, 9.17) is 32.6 Å². The number of carbonyl (C=O) groups is 2. The van der Waals surface area contributed by atoms with Crippen molar-refractivity contribution in [2.24, 2.45) is 0 Å². The van der Waals surface area contributed by atoms with E-state index in [1.165, 1.54) is 21.3 Å². The van der Waals surface area contributed by atoms with E-state index in [1.54, 1.807) is 44.6 Å². The Balaban J connectivity index is 2.14. The molecule has 10 nitrogen and oxygen atoms in total. The number of benzene rings is 3. The van der Waals surface area contributed by atoms with Gasteiger partial charge < -0.3 is 27.8 Å². The number of esters is 1. The fraction of sp³-hybridized carbons (Fsp3) is 0.512. The molecule has 1 amide bonds. The molecule has 0 N–H and O–H groups in total. The maximum absolute atomic E-state index is 14.4. The van der Waals surface area contributed by atoms with Crippen LogP contribution in [0.5, 0.6) is 23.0 Å². The summed E-state index contributed by atoms with van der Waals surface area (Å²) in [5.41, 5.74) is 2.40.